The van der Waals surface area contributed by atoms with E-state index >= 15 is 0 Å². The van der Waals surface area contributed by atoms with Crippen LogP contribution >= 0.6 is 0 Å². The van der Waals surface area contributed by atoms with Gasteiger partial charge in [0.05, 0.1) is 14.2 Å². The molecule has 9 heteroatoms. The number of amides is 1. The van der Waals surface area contributed by atoms with Crippen molar-refractivity contribution < 1.29 is 14.3 Å². The standard InChI is InChI=1S/C33H42N6O3/c1-36-18-17-33(16-5-4-7-24-10-13-28(41-2)14-11-24)23-39(30-15-12-25(22-37-30)26(20-34)21-35)32(40)31(33)38-27-8-6-9-29(19-27)42-3/h6,8-15,19-22,31,34,36,38H,4-5,7,16-18,23,35H2,1-3H3/b26-21+,34-20?. The quantitative estimate of drug-likeness (QED) is 0.152. The molecular weight excluding hydrogens is 528 g/mol. The number of nitrogens with zero attached hydrogens (tertiary/aromatic N) is 2. The third-order valence-electron chi connectivity index (χ3n) is 8.09. The van der Waals surface area contributed by atoms with Crippen LogP contribution in [0.2, 0.25) is 0 Å². The lowest BCUT2D eigenvalue weighted by Crippen LogP contribution is -2.43. The first-order valence-electron chi connectivity index (χ1n) is 14.3. The number of aromatic nitrogens is 1. The van der Waals surface area contributed by atoms with Crippen LogP contribution < -0.4 is 30.7 Å². The lowest BCUT2D eigenvalue weighted by molar-refractivity contribution is -0.118. The van der Waals surface area contributed by atoms with Crippen molar-refractivity contribution in [1.29, 1.82) is 5.41 Å². The largest absolute Gasteiger partial charge is 0.497 e. The number of nitrogens with one attached hydrogen (secondary N) is 3. The summed E-state index contributed by atoms with van der Waals surface area (Å²) >= 11 is 0. The molecule has 2 unspecified atom stereocenters. The zero-order valence-corrected chi connectivity index (χ0v) is 24.7. The summed E-state index contributed by atoms with van der Waals surface area (Å²) in [6.45, 7) is 1.33. The van der Waals surface area contributed by atoms with Crippen molar-refractivity contribution in [3.05, 3.63) is 84.2 Å². The number of benzene rings is 2. The van der Waals surface area contributed by atoms with E-state index in [-0.39, 0.29) is 11.3 Å². The van der Waals surface area contributed by atoms with Crippen LogP contribution in [0, 0.1) is 10.8 Å². The molecule has 9 nitrogen and oxygen atoms in total. The average Bonchev–Trinajstić information content (AvgIpc) is 3.30. The minimum Gasteiger partial charge on any atom is -0.497 e. The van der Waals surface area contributed by atoms with Gasteiger partial charge in [-0.25, -0.2) is 4.98 Å². The van der Waals surface area contributed by atoms with Crippen LogP contribution in [0.3, 0.4) is 0 Å². The molecule has 2 atom stereocenters. The van der Waals surface area contributed by atoms with E-state index in [2.05, 4.69) is 27.8 Å². The maximum Gasteiger partial charge on any atom is 0.251 e. The summed E-state index contributed by atoms with van der Waals surface area (Å²) in [5, 5.41) is 14.5. The fourth-order valence-electron chi connectivity index (χ4n) is 5.68. The number of carbonyl (C=O) groups is 1. The van der Waals surface area contributed by atoms with E-state index in [0.717, 1.165) is 61.4 Å². The third-order valence-corrected chi connectivity index (χ3v) is 8.09. The van der Waals surface area contributed by atoms with Crippen molar-refractivity contribution in [2.24, 2.45) is 11.1 Å². The van der Waals surface area contributed by atoms with Gasteiger partial charge in [-0.15, -0.1) is 0 Å². The van der Waals surface area contributed by atoms with Gasteiger partial charge >= 0.3 is 0 Å². The van der Waals surface area contributed by atoms with Crippen LogP contribution in [-0.2, 0) is 11.2 Å². The Balaban J connectivity index is 1.61. The Labute approximate surface area is 248 Å². The van der Waals surface area contributed by atoms with Crippen LogP contribution in [0.5, 0.6) is 11.5 Å². The molecule has 0 bridgehead atoms. The number of allylic oxidation sites excluding steroid dienone is 1. The number of rotatable bonds is 15. The Morgan fingerprint density at radius 1 is 1.10 bits per heavy atom. The Morgan fingerprint density at radius 3 is 2.52 bits per heavy atom. The molecule has 5 N–H and O–H groups in total. The summed E-state index contributed by atoms with van der Waals surface area (Å²) in [6, 6.07) is 19.2. The Morgan fingerprint density at radius 2 is 1.88 bits per heavy atom. The second-order valence-corrected chi connectivity index (χ2v) is 10.7. The van der Waals surface area contributed by atoms with Gasteiger partial charge in [0.2, 0.25) is 0 Å². The first-order chi connectivity index (χ1) is 20.5. The molecule has 42 heavy (non-hydrogen) atoms. The number of hydrogen-bond donors (Lipinski definition) is 4. The van der Waals surface area contributed by atoms with Crippen molar-refractivity contribution in [3.8, 4) is 11.5 Å². The number of aryl methyl sites for hydroxylation is 1. The first-order valence-corrected chi connectivity index (χ1v) is 14.3. The average molecular weight is 571 g/mol. The SMILES string of the molecule is CNCCC1(CCCCc2ccc(OC)cc2)CN(c2ccc(/C(C=N)=C/N)cn2)C(=O)C1Nc1cccc(OC)c1. The second-order valence-electron chi connectivity index (χ2n) is 10.7. The predicted octanol–water partition coefficient (Wildman–Crippen LogP) is 4.88. The topological polar surface area (TPSA) is 126 Å². The van der Waals surface area contributed by atoms with Gasteiger partial charge in [-0.2, -0.15) is 0 Å². The van der Waals surface area contributed by atoms with Crippen LogP contribution in [0.15, 0.2) is 73.1 Å². The number of methoxy groups -OCH3 is 2. The molecule has 2 heterocycles. The molecule has 0 spiro atoms. The van der Waals surface area contributed by atoms with Crippen LogP contribution in [0.1, 0.15) is 36.8 Å². The number of nitrogens with two attached hydrogens (primary N) is 1. The molecule has 222 valence electrons. The highest BCUT2D eigenvalue weighted by atomic mass is 16.5. The molecule has 0 saturated carbocycles. The molecule has 0 radical (unpaired) electrons. The van der Waals surface area contributed by atoms with Gasteiger partial charge in [0.15, 0.2) is 0 Å². The molecule has 1 aliphatic rings. The van der Waals surface area contributed by atoms with Crippen molar-refractivity contribution >= 4 is 29.2 Å². The summed E-state index contributed by atoms with van der Waals surface area (Å²) in [7, 11) is 5.26. The maximum atomic E-state index is 14.2. The van der Waals surface area contributed by atoms with Gasteiger partial charge in [0.25, 0.3) is 5.91 Å². The van der Waals surface area contributed by atoms with Crippen molar-refractivity contribution in [2.75, 3.05) is 44.6 Å². The Kier molecular flexibility index (Phi) is 10.6. The maximum absolute atomic E-state index is 14.2. The van der Waals surface area contributed by atoms with Crippen molar-refractivity contribution in [3.63, 3.8) is 0 Å². The van der Waals surface area contributed by atoms with Crippen LogP contribution in [0.4, 0.5) is 11.5 Å². The molecule has 1 amide bonds. The molecule has 2 aromatic carbocycles. The number of pyridine rings is 1. The van der Waals surface area contributed by atoms with Gasteiger partial charge in [0, 0.05) is 53.5 Å². The summed E-state index contributed by atoms with van der Waals surface area (Å²) in [5.41, 5.74) is 8.75. The molecule has 4 rings (SSSR count). The zero-order valence-electron chi connectivity index (χ0n) is 24.7. The van der Waals surface area contributed by atoms with Crippen molar-refractivity contribution in [1.82, 2.24) is 10.3 Å². The molecule has 0 aliphatic carbocycles. The van der Waals surface area contributed by atoms with Gasteiger partial charge in [-0.3, -0.25) is 9.69 Å². The van der Waals surface area contributed by atoms with Gasteiger partial charge < -0.3 is 31.3 Å². The van der Waals surface area contributed by atoms with Gasteiger partial charge in [-0.05, 0) is 81.2 Å². The lowest BCUT2D eigenvalue weighted by Gasteiger charge is -2.34. The summed E-state index contributed by atoms with van der Waals surface area (Å²) in [4.78, 5) is 20.6. The highest BCUT2D eigenvalue weighted by Crippen LogP contribution is 2.43. The molecule has 1 fully saturated rings. The van der Waals surface area contributed by atoms with E-state index in [1.807, 2.05) is 55.6 Å². The third kappa shape index (κ3) is 7.09. The van der Waals surface area contributed by atoms with E-state index in [1.165, 1.54) is 18.0 Å². The molecule has 3 aromatic rings. The number of carbonyl (C=O) groups excluding carboxylic acids is 1. The number of ether oxygens (including phenoxy) is 2. The fraction of sp³-hybridized carbons (Fsp3) is 0.364. The summed E-state index contributed by atoms with van der Waals surface area (Å²) in [6.07, 6.45) is 8.89. The van der Waals surface area contributed by atoms with E-state index < -0.39 is 6.04 Å². The molecule has 1 aliphatic heterocycles. The second kappa shape index (κ2) is 14.5. The normalized spacial score (nSPS) is 18.6. The van der Waals surface area contributed by atoms with Crippen LogP contribution in [-0.4, -0.2) is 57.5 Å². The minimum absolute atomic E-state index is 0.00836. The lowest BCUT2D eigenvalue weighted by atomic mass is 9.75. The van der Waals surface area contributed by atoms with E-state index in [1.54, 1.807) is 25.3 Å². The molecular formula is C33H42N6O3. The zero-order chi connectivity index (χ0) is 30.0. The van der Waals surface area contributed by atoms with E-state index in [0.29, 0.717) is 17.9 Å². The first kappa shape index (κ1) is 30.6. The monoisotopic (exact) mass is 570 g/mol. The Hall–Kier alpha value is -4.37. The number of unbranched alkanes of at least 4 members (excludes halogenated alkanes) is 1. The fourth-order valence-corrected chi connectivity index (χ4v) is 5.68. The van der Waals surface area contributed by atoms with Gasteiger partial charge in [-0.1, -0.05) is 24.6 Å². The number of hydrogen-bond acceptors (Lipinski definition) is 8. The summed E-state index contributed by atoms with van der Waals surface area (Å²) in [5.74, 6) is 2.17. The number of anilines is 2. The smallest absolute Gasteiger partial charge is 0.251 e. The predicted molar refractivity (Wildman–Crippen MR) is 169 cm³/mol. The minimum atomic E-state index is -0.443. The van der Waals surface area contributed by atoms with Gasteiger partial charge in [0.1, 0.15) is 23.4 Å². The summed E-state index contributed by atoms with van der Waals surface area (Å²) < 4.78 is 10.7. The highest BCUT2D eigenvalue weighted by molar-refractivity contribution is 6.08. The highest BCUT2D eigenvalue weighted by Gasteiger charge is 2.52. The molecule has 1 aromatic heterocycles. The van der Waals surface area contributed by atoms with Crippen LogP contribution in [0.25, 0.3) is 5.57 Å². The Bertz CT molecular complexity index is 1360. The van der Waals surface area contributed by atoms with Crippen molar-refractivity contribution in [2.45, 2.75) is 38.1 Å². The van der Waals surface area contributed by atoms with E-state index in [9.17, 15) is 4.79 Å². The molecule has 1 saturated heterocycles. The van der Waals surface area contributed by atoms with E-state index in [4.69, 9.17) is 20.6 Å².